The predicted octanol–water partition coefficient (Wildman–Crippen LogP) is 2.51. The van der Waals surface area contributed by atoms with Gasteiger partial charge in [-0.15, -0.1) is 0 Å². The Bertz CT molecular complexity index is 1020. The van der Waals surface area contributed by atoms with Crippen molar-refractivity contribution < 1.29 is 14.9 Å². The van der Waals surface area contributed by atoms with Gasteiger partial charge in [0.15, 0.2) is 5.88 Å². The van der Waals surface area contributed by atoms with Crippen LogP contribution in [0.3, 0.4) is 0 Å². The van der Waals surface area contributed by atoms with Crippen molar-refractivity contribution in [1.29, 1.82) is 0 Å². The van der Waals surface area contributed by atoms with Crippen molar-refractivity contribution in [2.75, 3.05) is 18.4 Å². The summed E-state index contributed by atoms with van der Waals surface area (Å²) in [6, 6.07) is 11.2. The minimum absolute atomic E-state index is 0.0356. The molecule has 0 amide bonds. The molecule has 7 nitrogen and oxygen atoms in total. The summed E-state index contributed by atoms with van der Waals surface area (Å²) in [5.74, 6) is 0.560. The standard InChI is InChI=1S/C18H17BrN4O3/c19-10-2-4-12-11(8-10)15(17(24)22-12)16(21-6-5-20)9-1-3-13-14(7-9)26-18(25)23-13/h1-4,7-8,18,22-25H,5-6,20H2. The Labute approximate surface area is 157 Å². The van der Waals surface area contributed by atoms with Crippen LogP contribution in [0.25, 0.3) is 10.9 Å². The summed E-state index contributed by atoms with van der Waals surface area (Å²) in [6.07, 6.45) is -1.07. The number of nitrogens with two attached hydrogens (primary N) is 1. The van der Waals surface area contributed by atoms with Crippen LogP contribution >= 0.6 is 15.9 Å². The molecule has 0 spiro atoms. The lowest BCUT2D eigenvalue weighted by Gasteiger charge is -2.09. The van der Waals surface area contributed by atoms with Crippen LogP contribution in [0.15, 0.2) is 45.9 Å². The van der Waals surface area contributed by atoms with E-state index in [1.54, 1.807) is 12.1 Å². The minimum Gasteiger partial charge on any atom is -0.494 e. The van der Waals surface area contributed by atoms with Gasteiger partial charge in [0.05, 0.1) is 23.5 Å². The van der Waals surface area contributed by atoms with Crippen molar-refractivity contribution in [3.8, 4) is 11.6 Å². The normalized spacial score (nSPS) is 16.4. The monoisotopic (exact) mass is 416 g/mol. The summed E-state index contributed by atoms with van der Waals surface area (Å²) in [7, 11) is 0. The molecule has 8 heteroatoms. The second kappa shape index (κ2) is 6.64. The number of H-pyrrole nitrogens is 1. The molecule has 2 heterocycles. The zero-order chi connectivity index (χ0) is 18.3. The number of hydrogen-bond acceptors (Lipinski definition) is 6. The Kier molecular flexibility index (Phi) is 4.31. The second-order valence-corrected chi connectivity index (χ2v) is 6.80. The van der Waals surface area contributed by atoms with Crippen LogP contribution in [-0.2, 0) is 0 Å². The van der Waals surface area contributed by atoms with Crippen molar-refractivity contribution in [3.63, 3.8) is 0 Å². The molecule has 1 atom stereocenters. The SMILES string of the molecule is NCCN=C(c1ccc2c(c1)OC(O)N2)c1c(O)[nH]c2ccc(Br)cc12. The van der Waals surface area contributed by atoms with Gasteiger partial charge in [-0.05, 0) is 30.3 Å². The molecule has 0 saturated carbocycles. The first-order chi connectivity index (χ1) is 12.6. The fraction of sp³-hybridized carbons (Fsp3) is 0.167. The van der Waals surface area contributed by atoms with Crippen molar-refractivity contribution in [1.82, 2.24) is 4.98 Å². The van der Waals surface area contributed by atoms with E-state index in [1.807, 2.05) is 24.3 Å². The van der Waals surface area contributed by atoms with Crippen LogP contribution in [0.1, 0.15) is 11.1 Å². The second-order valence-electron chi connectivity index (χ2n) is 5.88. The van der Waals surface area contributed by atoms with Crippen molar-refractivity contribution >= 4 is 38.2 Å². The molecule has 1 aliphatic rings. The summed E-state index contributed by atoms with van der Waals surface area (Å²) in [4.78, 5) is 7.58. The molecule has 4 rings (SSSR count). The van der Waals surface area contributed by atoms with Crippen LogP contribution in [0.4, 0.5) is 5.69 Å². The number of aromatic hydroxyl groups is 1. The van der Waals surface area contributed by atoms with Gasteiger partial charge >= 0.3 is 0 Å². The molecule has 1 aromatic heterocycles. The summed E-state index contributed by atoms with van der Waals surface area (Å²) in [5, 5.41) is 23.8. The number of benzene rings is 2. The predicted molar refractivity (Wildman–Crippen MR) is 104 cm³/mol. The zero-order valence-corrected chi connectivity index (χ0v) is 15.2. The molecule has 3 aromatic rings. The van der Waals surface area contributed by atoms with E-state index in [4.69, 9.17) is 10.5 Å². The van der Waals surface area contributed by atoms with Gasteiger partial charge in [-0.2, -0.15) is 0 Å². The number of aliphatic hydroxyl groups is 1. The molecule has 0 radical (unpaired) electrons. The van der Waals surface area contributed by atoms with E-state index in [1.165, 1.54) is 0 Å². The Morgan fingerprint density at radius 3 is 2.92 bits per heavy atom. The van der Waals surface area contributed by atoms with Gasteiger partial charge in [0.2, 0.25) is 0 Å². The van der Waals surface area contributed by atoms with Crippen LogP contribution in [0.2, 0.25) is 0 Å². The average Bonchev–Trinajstić information content (AvgIpc) is 3.13. The molecule has 0 saturated heterocycles. The van der Waals surface area contributed by atoms with Crippen molar-refractivity contribution in [2.24, 2.45) is 10.7 Å². The molecule has 1 unspecified atom stereocenters. The van der Waals surface area contributed by atoms with E-state index < -0.39 is 6.41 Å². The summed E-state index contributed by atoms with van der Waals surface area (Å²) in [5.41, 5.74) is 9.09. The van der Waals surface area contributed by atoms with Crippen LogP contribution in [0.5, 0.6) is 11.6 Å². The highest BCUT2D eigenvalue weighted by Gasteiger charge is 2.23. The first-order valence-corrected chi connectivity index (χ1v) is 8.87. The quantitative estimate of drug-likeness (QED) is 0.419. The van der Waals surface area contributed by atoms with Crippen molar-refractivity contribution in [2.45, 2.75) is 6.41 Å². The number of rotatable bonds is 4. The Morgan fingerprint density at radius 1 is 1.27 bits per heavy atom. The third-order valence-corrected chi connectivity index (χ3v) is 4.64. The number of nitrogens with zero attached hydrogens (tertiary/aromatic N) is 1. The van der Waals surface area contributed by atoms with E-state index in [0.29, 0.717) is 35.8 Å². The molecular formula is C18H17BrN4O3. The molecule has 26 heavy (non-hydrogen) atoms. The highest BCUT2D eigenvalue weighted by Crippen LogP contribution is 2.36. The topological polar surface area (TPSA) is 116 Å². The molecule has 134 valence electrons. The van der Waals surface area contributed by atoms with Gasteiger partial charge in [-0.3, -0.25) is 4.99 Å². The number of aliphatic hydroxyl groups excluding tert-OH is 1. The largest absolute Gasteiger partial charge is 0.494 e. The number of halogens is 1. The molecule has 6 N–H and O–H groups in total. The van der Waals surface area contributed by atoms with Crippen LogP contribution < -0.4 is 15.8 Å². The van der Waals surface area contributed by atoms with Gasteiger partial charge < -0.3 is 31.0 Å². The highest BCUT2D eigenvalue weighted by atomic mass is 79.9. The lowest BCUT2D eigenvalue weighted by molar-refractivity contribution is 0.0211. The minimum atomic E-state index is -1.07. The number of aromatic amines is 1. The number of fused-ring (bicyclic) bond motifs is 2. The lowest BCUT2D eigenvalue weighted by Crippen LogP contribution is -2.17. The fourth-order valence-electron chi connectivity index (χ4n) is 3.05. The van der Waals surface area contributed by atoms with Gasteiger partial charge in [0, 0.05) is 27.5 Å². The first kappa shape index (κ1) is 16.9. The highest BCUT2D eigenvalue weighted by molar-refractivity contribution is 9.10. The fourth-order valence-corrected chi connectivity index (χ4v) is 3.41. The number of anilines is 1. The number of ether oxygens (including phenoxy) is 1. The van der Waals surface area contributed by atoms with Gasteiger partial charge in [0.25, 0.3) is 6.41 Å². The smallest absolute Gasteiger partial charge is 0.279 e. The zero-order valence-electron chi connectivity index (χ0n) is 13.7. The lowest BCUT2D eigenvalue weighted by atomic mass is 10.0. The van der Waals surface area contributed by atoms with E-state index in [2.05, 4.69) is 31.2 Å². The molecule has 0 fully saturated rings. The van der Waals surface area contributed by atoms with E-state index >= 15 is 0 Å². The number of aromatic nitrogens is 1. The van der Waals surface area contributed by atoms with E-state index in [0.717, 1.165) is 20.9 Å². The van der Waals surface area contributed by atoms with Crippen molar-refractivity contribution in [3.05, 3.63) is 52.0 Å². The Morgan fingerprint density at radius 2 is 2.12 bits per heavy atom. The summed E-state index contributed by atoms with van der Waals surface area (Å²) < 4.78 is 6.24. The maximum absolute atomic E-state index is 10.5. The van der Waals surface area contributed by atoms with E-state index in [9.17, 15) is 10.2 Å². The van der Waals surface area contributed by atoms with Gasteiger partial charge in [-0.25, -0.2) is 0 Å². The first-order valence-electron chi connectivity index (χ1n) is 8.07. The van der Waals surface area contributed by atoms with Crippen LogP contribution in [-0.4, -0.2) is 40.4 Å². The van der Waals surface area contributed by atoms with Gasteiger partial charge in [0.1, 0.15) is 5.75 Å². The Balaban J connectivity index is 1.89. The maximum Gasteiger partial charge on any atom is 0.279 e. The Hall–Kier alpha value is -2.55. The number of nitrogens with one attached hydrogen (secondary N) is 2. The molecule has 2 aromatic carbocycles. The van der Waals surface area contributed by atoms with Gasteiger partial charge in [-0.1, -0.05) is 22.0 Å². The molecule has 0 aliphatic carbocycles. The molecular weight excluding hydrogens is 400 g/mol. The number of hydrogen-bond donors (Lipinski definition) is 5. The summed E-state index contributed by atoms with van der Waals surface area (Å²) in [6.45, 7) is 0.798. The third-order valence-electron chi connectivity index (χ3n) is 4.15. The number of aliphatic imine (C=N–C) groups is 1. The molecule has 0 bridgehead atoms. The molecule has 1 aliphatic heterocycles. The summed E-state index contributed by atoms with van der Waals surface area (Å²) >= 11 is 3.47. The third kappa shape index (κ3) is 2.92. The average molecular weight is 417 g/mol. The van der Waals surface area contributed by atoms with E-state index in [-0.39, 0.29) is 5.88 Å². The maximum atomic E-state index is 10.5. The van der Waals surface area contributed by atoms with Crippen LogP contribution in [0, 0.1) is 0 Å².